The second-order valence-electron chi connectivity index (χ2n) is 7.25. The number of anilines is 1. The van der Waals surface area contributed by atoms with Crippen LogP contribution in [0.3, 0.4) is 0 Å². The maximum Gasteiger partial charge on any atom is 0.238 e. The molecule has 0 radical (unpaired) electrons. The van der Waals surface area contributed by atoms with Crippen molar-refractivity contribution in [3.63, 3.8) is 0 Å². The molecule has 0 aliphatic carbocycles. The number of carbonyl (C=O) groups is 1. The first-order valence-corrected chi connectivity index (χ1v) is 11.1. The Morgan fingerprint density at radius 3 is 2.63 bits per heavy atom. The summed E-state index contributed by atoms with van der Waals surface area (Å²) in [5, 5.41) is 14.3. The van der Waals surface area contributed by atoms with E-state index in [1.54, 1.807) is 42.7 Å². The average molecular weight is 443 g/mol. The molecule has 0 bridgehead atoms. The maximum absolute atomic E-state index is 12.3. The van der Waals surface area contributed by atoms with E-state index in [2.05, 4.69) is 20.4 Å². The van der Waals surface area contributed by atoms with Gasteiger partial charge in [0.25, 0.3) is 0 Å². The highest BCUT2D eigenvalue weighted by Crippen LogP contribution is 2.36. The Kier molecular flexibility index (Phi) is 6.62. The van der Waals surface area contributed by atoms with Crippen molar-refractivity contribution in [1.82, 2.24) is 15.1 Å². The highest BCUT2D eigenvalue weighted by atomic mass is 35.5. The number of hydrogen-bond acceptors (Lipinski definition) is 6. The highest BCUT2D eigenvalue weighted by molar-refractivity contribution is 7.14. The number of piperidine rings is 1. The van der Waals surface area contributed by atoms with Gasteiger partial charge < -0.3 is 10.1 Å². The molecule has 0 saturated carbocycles. The first-order chi connectivity index (χ1) is 14.6. The van der Waals surface area contributed by atoms with Gasteiger partial charge in [0.1, 0.15) is 10.8 Å². The van der Waals surface area contributed by atoms with Crippen LogP contribution in [0, 0.1) is 0 Å². The van der Waals surface area contributed by atoms with Crippen molar-refractivity contribution >= 4 is 34.5 Å². The van der Waals surface area contributed by atoms with E-state index in [9.17, 15) is 4.79 Å². The van der Waals surface area contributed by atoms with Gasteiger partial charge in [-0.3, -0.25) is 9.69 Å². The number of halogens is 1. The Balaban J connectivity index is 1.31. The van der Waals surface area contributed by atoms with Gasteiger partial charge in [0.15, 0.2) is 5.01 Å². The van der Waals surface area contributed by atoms with Crippen LogP contribution < -0.4 is 10.1 Å². The summed E-state index contributed by atoms with van der Waals surface area (Å²) in [5.41, 5.74) is 1.73. The maximum atomic E-state index is 12.3. The van der Waals surface area contributed by atoms with Gasteiger partial charge in [-0.15, -0.1) is 10.2 Å². The van der Waals surface area contributed by atoms with E-state index in [0.717, 1.165) is 52.9 Å². The first-order valence-electron chi connectivity index (χ1n) is 9.87. The van der Waals surface area contributed by atoms with Crippen molar-refractivity contribution in [3.05, 3.63) is 58.6 Å². The second-order valence-corrected chi connectivity index (χ2v) is 8.70. The van der Waals surface area contributed by atoms with E-state index in [1.165, 1.54) is 0 Å². The molecule has 2 aromatic carbocycles. The van der Waals surface area contributed by atoms with Gasteiger partial charge in [-0.25, -0.2) is 0 Å². The van der Waals surface area contributed by atoms with Crippen molar-refractivity contribution in [2.24, 2.45) is 0 Å². The number of aromatic nitrogens is 2. The van der Waals surface area contributed by atoms with Gasteiger partial charge >= 0.3 is 0 Å². The topological polar surface area (TPSA) is 67.4 Å². The number of likely N-dealkylation sites (tertiary alicyclic amines) is 1. The molecule has 1 aliphatic rings. The normalized spacial score (nSPS) is 15.1. The summed E-state index contributed by atoms with van der Waals surface area (Å²) in [6.45, 7) is 2.11. The van der Waals surface area contributed by atoms with Crippen molar-refractivity contribution in [2.75, 3.05) is 32.1 Å². The van der Waals surface area contributed by atoms with Crippen LogP contribution in [0.25, 0.3) is 10.6 Å². The molecule has 156 valence electrons. The van der Waals surface area contributed by atoms with Crippen LogP contribution in [-0.2, 0) is 4.79 Å². The van der Waals surface area contributed by atoms with Gasteiger partial charge in [0, 0.05) is 16.6 Å². The molecule has 6 nitrogen and oxygen atoms in total. The molecule has 1 aliphatic heterocycles. The Labute approximate surface area is 184 Å². The fourth-order valence-corrected chi connectivity index (χ4v) is 4.77. The molecular formula is C22H23ClN4O2S. The molecule has 8 heteroatoms. The minimum absolute atomic E-state index is 0.00912. The molecule has 1 saturated heterocycles. The monoisotopic (exact) mass is 442 g/mol. The molecule has 4 rings (SSSR count). The summed E-state index contributed by atoms with van der Waals surface area (Å²) in [6, 6.07) is 15.0. The third-order valence-corrected chi connectivity index (χ3v) is 6.58. The van der Waals surface area contributed by atoms with Gasteiger partial charge in [-0.05, 0) is 62.3 Å². The van der Waals surface area contributed by atoms with Crippen LogP contribution in [0.5, 0.6) is 5.75 Å². The number of rotatable bonds is 6. The largest absolute Gasteiger partial charge is 0.496 e. The first kappa shape index (κ1) is 20.8. The fourth-order valence-electron chi connectivity index (χ4n) is 3.60. The van der Waals surface area contributed by atoms with Crippen LogP contribution >= 0.6 is 22.9 Å². The Morgan fingerprint density at radius 1 is 1.17 bits per heavy atom. The van der Waals surface area contributed by atoms with Crippen molar-refractivity contribution in [1.29, 1.82) is 0 Å². The van der Waals surface area contributed by atoms with Crippen molar-refractivity contribution in [2.45, 2.75) is 18.8 Å². The van der Waals surface area contributed by atoms with Gasteiger partial charge in [0.2, 0.25) is 5.91 Å². The van der Waals surface area contributed by atoms with Crippen molar-refractivity contribution in [3.8, 4) is 16.3 Å². The molecule has 0 atom stereocenters. The SMILES string of the molecule is COc1ccccc1-c1nnc(C2CCN(CC(=O)Nc3ccc(Cl)cc3)CC2)s1. The summed E-state index contributed by atoms with van der Waals surface area (Å²) in [6.07, 6.45) is 1.93. The number of nitrogens with one attached hydrogen (secondary N) is 1. The molecule has 0 spiro atoms. The number of para-hydroxylation sites is 1. The third-order valence-electron chi connectivity index (χ3n) is 5.21. The van der Waals surface area contributed by atoms with E-state index < -0.39 is 0 Å². The molecule has 3 aromatic rings. The summed E-state index contributed by atoms with van der Waals surface area (Å²) in [4.78, 5) is 14.5. The molecule has 1 fully saturated rings. The minimum Gasteiger partial charge on any atom is -0.496 e. The van der Waals surface area contributed by atoms with Gasteiger partial charge in [-0.1, -0.05) is 35.1 Å². The quantitative estimate of drug-likeness (QED) is 0.600. The number of nitrogens with zero attached hydrogens (tertiary/aromatic N) is 3. The standard InChI is InChI=1S/C22H23ClN4O2S/c1-29-19-5-3-2-4-18(19)22-26-25-21(30-22)15-10-12-27(13-11-15)14-20(28)24-17-8-6-16(23)7-9-17/h2-9,15H,10-14H2,1H3,(H,24,28). The second kappa shape index (κ2) is 9.55. The zero-order valence-corrected chi connectivity index (χ0v) is 18.2. The van der Waals surface area contributed by atoms with E-state index in [4.69, 9.17) is 16.3 Å². The lowest BCUT2D eigenvalue weighted by Crippen LogP contribution is -2.38. The van der Waals surface area contributed by atoms with E-state index in [0.29, 0.717) is 17.5 Å². The lowest BCUT2D eigenvalue weighted by atomic mass is 9.98. The number of benzene rings is 2. The zero-order valence-electron chi connectivity index (χ0n) is 16.7. The lowest BCUT2D eigenvalue weighted by molar-refractivity contribution is -0.117. The fraction of sp³-hybridized carbons (Fsp3) is 0.318. The predicted molar refractivity (Wildman–Crippen MR) is 120 cm³/mol. The number of methoxy groups -OCH3 is 1. The predicted octanol–water partition coefficient (Wildman–Crippen LogP) is 4.69. The van der Waals surface area contributed by atoms with E-state index in [1.807, 2.05) is 24.3 Å². The summed E-state index contributed by atoms with van der Waals surface area (Å²) < 4.78 is 5.44. The van der Waals surface area contributed by atoms with E-state index >= 15 is 0 Å². The number of carbonyl (C=O) groups excluding carboxylic acids is 1. The van der Waals surface area contributed by atoms with Crippen molar-refractivity contribution < 1.29 is 9.53 Å². The number of amides is 1. The molecule has 1 aromatic heterocycles. The zero-order chi connectivity index (χ0) is 20.9. The summed E-state index contributed by atoms with van der Waals surface area (Å²) in [7, 11) is 1.67. The molecule has 0 unspecified atom stereocenters. The van der Waals surface area contributed by atoms with Gasteiger partial charge in [0.05, 0.1) is 19.2 Å². The van der Waals surface area contributed by atoms with E-state index in [-0.39, 0.29) is 5.91 Å². The molecular weight excluding hydrogens is 420 g/mol. The molecule has 30 heavy (non-hydrogen) atoms. The molecule has 1 N–H and O–H groups in total. The molecule has 2 heterocycles. The highest BCUT2D eigenvalue weighted by Gasteiger charge is 2.25. The Bertz CT molecular complexity index is 1000. The minimum atomic E-state index is -0.00912. The smallest absolute Gasteiger partial charge is 0.238 e. The summed E-state index contributed by atoms with van der Waals surface area (Å²) >= 11 is 7.51. The van der Waals surface area contributed by atoms with Crippen LogP contribution in [0.15, 0.2) is 48.5 Å². The van der Waals surface area contributed by atoms with Crippen LogP contribution in [0.4, 0.5) is 5.69 Å². The van der Waals surface area contributed by atoms with Crippen LogP contribution in [-0.4, -0.2) is 47.7 Å². The Hall–Kier alpha value is -2.48. The Morgan fingerprint density at radius 2 is 1.90 bits per heavy atom. The number of hydrogen-bond donors (Lipinski definition) is 1. The van der Waals surface area contributed by atoms with Crippen LogP contribution in [0.1, 0.15) is 23.8 Å². The lowest BCUT2D eigenvalue weighted by Gasteiger charge is -2.30. The van der Waals surface area contributed by atoms with Gasteiger partial charge in [-0.2, -0.15) is 0 Å². The third kappa shape index (κ3) is 4.98. The summed E-state index contributed by atoms with van der Waals surface area (Å²) in [5.74, 6) is 1.17. The number of ether oxygens (including phenoxy) is 1. The average Bonchev–Trinajstić information content (AvgIpc) is 3.26. The molecule has 1 amide bonds. The van der Waals surface area contributed by atoms with Crippen LogP contribution in [0.2, 0.25) is 5.02 Å².